The number of piperazine rings is 2. The summed E-state index contributed by atoms with van der Waals surface area (Å²) in [6.45, 7) is 68.6. The Morgan fingerprint density at radius 2 is 0.722 bits per heavy atom. The van der Waals surface area contributed by atoms with Gasteiger partial charge in [-0.1, -0.05) is 0 Å². The first-order valence-electron chi connectivity index (χ1n) is 44.5. The number of fused-ring (bicyclic) bond motifs is 2. The maximum Gasteiger partial charge on any atom is 0.225 e. The molecule has 5 spiro atoms. The summed E-state index contributed by atoms with van der Waals surface area (Å²) in [6.07, 6.45) is 38.7. The number of anilines is 1. The zero-order chi connectivity index (χ0) is 77.8. The molecular weight excluding hydrogens is 1340 g/mol. The van der Waals surface area contributed by atoms with Crippen LogP contribution in [0.15, 0.2) is 43.0 Å². The smallest absolute Gasteiger partial charge is 0.225 e. The van der Waals surface area contributed by atoms with E-state index in [1.807, 2.05) is 24.8 Å². The van der Waals surface area contributed by atoms with Crippen LogP contribution in [-0.4, -0.2) is 261 Å². The van der Waals surface area contributed by atoms with E-state index in [9.17, 15) is 9.59 Å². The highest BCUT2D eigenvalue weighted by Crippen LogP contribution is 2.52. The number of ether oxygens (including phenoxy) is 1. The third kappa shape index (κ3) is 21.8. The molecule has 0 bridgehead atoms. The average molecular weight is 1500 g/mol. The third-order valence-electron chi connectivity index (χ3n) is 30.4. The minimum absolute atomic E-state index is 0.0503. The Bertz CT molecular complexity index is 3070. The zero-order valence-corrected chi connectivity index (χ0v) is 73.0. The van der Waals surface area contributed by atoms with E-state index in [0.717, 1.165) is 104 Å². The molecule has 3 saturated carbocycles. The molecule has 0 atom stereocenters. The lowest BCUT2D eigenvalue weighted by Crippen LogP contribution is -2.65. The fraction of sp³-hybridized carbons (Fsp3) is 0.870. The van der Waals surface area contributed by atoms with Crippen LogP contribution in [0.2, 0.25) is 0 Å². The van der Waals surface area contributed by atoms with Crippen LogP contribution in [0.4, 0.5) is 5.69 Å². The largest absolute Gasteiger partial charge is 0.371 e. The number of hydrogen-bond acceptors (Lipinski definition) is 14. The molecule has 0 aromatic carbocycles. The van der Waals surface area contributed by atoms with Crippen LogP contribution in [-0.2, 0) is 26.5 Å². The molecule has 2 aromatic rings. The number of amides is 2. The second-order valence-corrected chi connectivity index (χ2v) is 43.3. The number of likely N-dealkylation sites (N-methyl/N-ethyl adjacent to an activating group) is 1. The van der Waals surface area contributed by atoms with Crippen molar-refractivity contribution >= 4 is 17.5 Å². The third-order valence-corrected chi connectivity index (χ3v) is 30.4. The van der Waals surface area contributed by atoms with E-state index in [1.165, 1.54) is 224 Å². The fourth-order valence-electron chi connectivity index (χ4n) is 21.8. The van der Waals surface area contributed by atoms with Crippen molar-refractivity contribution < 1.29 is 14.3 Å². The van der Waals surface area contributed by atoms with Crippen molar-refractivity contribution in [3.63, 3.8) is 0 Å². The molecule has 2 amide bonds. The minimum atomic E-state index is -0.0503. The number of carbonyl (C=O) groups excluding carboxylic acids is 2. The van der Waals surface area contributed by atoms with Crippen molar-refractivity contribution in [2.45, 2.75) is 330 Å². The van der Waals surface area contributed by atoms with Crippen LogP contribution < -0.4 is 4.90 Å². The maximum absolute atomic E-state index is 12.8. The van der Waals surface area contributed by atoms with Crippen LogP contribution in [0.3, 0.4) is 0 Å². The summed E-state index contributed by atoms with van der Waals surface area (Å²) in [5.41, 5.74) is 8.24. The summed E-state index contributed by atoms with van der Waals surface area (Å²) in [5.74, 6) is 1.56. The van der Waals surface area contributed by atoms with E-state index in [0.29, 0.717) is 73.0 Å². The molecule has 108 heavy (non-hydrogen) atoms. The lowest BCUT2D eigenvalue weighted by molar-refractivity contribution is -0.139. The molecular formula is C92H161N13O3. The first kappa shape index (κ1) is 85.6. The number of hydrogen-bond donors (Lipinski definition) is 0. The predicted octanol–water partition coefficient (Wildman–Crippen LogP) is 16.2. The standard InChI is InChI=1S/C22H43N3.C20H37N3O.C19H34N2O.C16H25N3.C15H22N2O/c1-20(2,3)24-13-11-22(12-14-24)9-7-19(8-10-22)23-15-17-25(18-16-23)21(4,5)6;1-19(2,3)23-11-9-20(10-12-23)7-5-17(6-8-20)18(24)22-15-13-21(4)14-16-22;1-18(2,3)21-14-10-19(11-15-21)8-6-16(7-9-19)17(22)20-12-4-5-13-20;1-15(2,3)19-12-16(13-19)6-10-18(11-7-16)14-4-8-17-9-5-14;1-14(2,3)17-8-5-15(6-9-17)13-10-16-7-4-12(13)11-18-15/h19H,7-18H2,1-6H3;17H,5-16H2,1-4H3;16H,4-15H2,1-3H3;4-5,8-9H,6-7,10-13H2,1-3H3;4,7,10H,5-6,8-9,11H2,1-3H3. The van der Waals surface area contributed by atoms with E-state index in [1.54, 1.807) is 0 Å². The summed E-state index contributed by atoms with van der Waals surface area (Å²) >= 11 is 0. The van der Waals surface area contributed by atoms with Gasteiger partial charge in [0.2, 0.25) is 11.8 Å². The molecule has 16 nitrogen and oxygen atoms in total. The van der Waals surface area contributed by atoms with Gasteiger partial charge in [-0.05, 0) is 370 Å². The van der Waals surface area contributed by atoms with Crippen LogP contribution in [0, 0.1) is 33.5 Å². The van der Waals surface area contributed by atoms with Gasteiger partial charge >= 0.3 is 0 Å². The first-order chi connectivity index (χ1) is 50.8. The van der Waals surface area contributed by atoms with Crippen LogP contribution in [0.25, 0.3) is 0 Å². The average Bonchev–Trinajstić information content (AvgIpc) is 1.36. The maximum atomic E-state index is 12.8. The summed E-state index contributed by atoms with van der Waals surface area (Å²) in [7, 11) is 2.15. The SMILES string of the molecule is CC(C)(C)N1CC2(CCN(c3ccncc3)CC2)C1.CC(C)(C)N1CCC2(CC1)OCc1ccncc12.CC(C)(C)N1CCC2(CCC(C(=O)N3CCCC3)CC2)CC1.CC(C)(C)N1CCN(C2CCC3(CC2)CCN(C(C)(C)C)CC3)CC1.CN1CCN(C(=O)C2CCC3(CC2)CCN(C(C)(C)C)CC3)CC1. The van der Waals surface area contributed by atoms with E-state index >= 15 is 0 Å². The van der Waals surface area contributed by atoms with Crippen LogP contribution >= 0.6 is 0 Å². The molecule has 10 aliphatic heterocycles. The molecule has 2 aromatic heterocycles. The number of carbonyl (C=O) groups is 2. The number of nitrogens with zero attached hydrogens (tertiary/aromatic N) is 13. The highest BCUT2D eigenvalue weighted by atomic mass is 16.5. The Hall–Kier alpha value is -3.32. The molecule has 13 aliphatic rings. The van der Waals surface area contributed by atoms with Gasteiger partial charge in [-0.15, -0.1) is 0 Å². The molecule has 12 fully saturated rings. The van der Waals surface area contributed by atoms with E-state index < -0.39 is 0 Å². The van der Waals surface area contributed by atoms with Crippen molar-refractivity contribution in [3.8, 4) is 0 Å². The van der Waals surface area contributed by atoms with Crippen molar-refractivity contribution in [1.82, 2.24) is 59.0 Å². The Kier molecular flexibility index (Phi) is 27.7. The summed E-state index contributed by atoms with van der Waals surface area (Å²) in [6, 6.07) is 7.22. The molecule has 612 valence electrons. The van der Waals surface area contributed by atoms with Crippen molar-refractivity contribution in [2.24, 2.45) is 33.5 Å². The Balaban J connectivity index is 0.000000135. The predicted molar refractivity (Wildman–Crippen MR) is 449 cm³/mol. The van der Waals surface area contributed by atoms with Gasteiger partial charge in [-0.25, -0.2) is 0 Å². The fourth-order valence-corrected chi connectivity index (χ4v) is 21.8. The Morgan fingerprint density at radius 3 is 1.12 bits per heavy atom. The van der Waals surface area contributed by atoms with Gasteiger partial charge in [-0.3, -0.25) is 53.9 Å². The number of rotatable bonds is 4. The van der Waals surface area contributed by atoms with E-state index in [4.69, 9.17) is 4.74 Å². The first-order valence-corrected chi connectivity index (χ1v) is 44.5. The normalized spacial score (nSPS) is 27.3. The molecule has 15 rings (SSSR count). The molecule has 0 unspecified atom stereocenters. The summed E-state index contributed by atoms with van der Waals surface area (Å²) < 4.78 is 6.15. The Labute approximate surface area is 661 Å². The van der Waals surface area contributed by atoms with Gasteiger partial charge in [0.15, 0.2) is 0 Å². The van der Waals surface area contributed by atoms with Gasteiger partial charge in [0.05, 0.1) is 12.2 Å². The van der Waals surface area contributed by atoms with Gasteiger partial charge < -0.3 is 24.3 Å². The van der Waals surface area contributed by atoms with E-state index in [2.05, 4.69) is 214 Å². The molecule has 9 saturated heterocycles. The lowest BCUT2D eigenvalue weighted by atomic mass is 9.65. The Morgan fingerprint density at radius 1 is 0.370 bits per heavy atom. The minimum Gasteiger partial charge on any atom is -0.371 e. The molecule has 12 heterocycles. The van der Waals surface area contributed by atoms with Crippen LogP contribution in [0.1, 0.15) is 290 Å². The van der Waals surface area contributed by atoms with Gasteiger partial charge in [-0.2, -0.15) is 0 Å². The second-order valence-electron chi connectivity index (χ2n) is 43.3. The second kappa shape index (κ2) is 35.0. The van der Waals surface area contributed by atoms with Gasteiger partial charge in [0.1, 0.15) is 0 Å². The number of aromatic nitrogens is 2. The van der Waals surface area contributed by atoms with E-state index in [-0.39, 0.29) is 11.1 Å². The number of piperidine rings is 5. The summed E-state index contributed by atoms with van der Waals surface area (Å²) in [5, 5.41) is 0. The van der Waals surface area contributed by atoms with Crippen molar-refractivity contribution in [2.75, 3.05) is 156 Å². The monoisotopic (exact) mass is 1500 g/mol. The number of pyridine rings is 2. The number of likely N-dealkylation sites (tertiary alicyclic amines) is 6. The van der Waals surface area contributed by atoms with Crippen LogP contribution in [0.5, 0.6) is 0 Å². The van der Waals surface area contributed by atoms with Gasteiger partial charge in [0.25, 0.3) is 0 Å². The molecule has 3 aliphatic carbocycles. The zero-order valence-electron chi connectivity index (χ0n) is 73.0. The summed E-state index contributed by atoms with van der Waals surface area (Å²) in [4.78, 5) is 61.5. The lowest BCUT2D eigenvalue weighted by Gasteiger charge is -2.58. The quantitative estimate of drug-likeness (QED) is 0.290. The topological polar surface area (TPSA) is 105 Å². The van der Waals surface area contributed by atoms with Gasteiger partial charge in [0, 0.05) is 192 Å². The molecule has 16 heteroatoms. The molecule has 0 N–H and O–H groups in total. The van der Waals surface area contributed by atoms with Crippen molar-refractivity contribution in [1.29, 1.82) is 0 Å². The highest BCUT2D eigenvalue weighted by molar-refractivity contribution is 5.79. The highest BCUT2D eigenvalue weighted by Gasteiger charge is 2.50. The van der Waals surface area contributed by atoms with Crippen molar-refractivity contribution in [3.05, 3.63) is 54.1 Å². The molecule has 0 radical (unpaired) electrons.